The summed E-state index contributed by atoms with van der Waals surface area (Å²) in [5.74, 6) is -2.38. The van der Waals surface area contributed by atoms with Gasteiger partial charge in [0.1, 0.15) is 23.2 Å². The van der Waals surface area contributed by atoms with Gasteiger partial charge in [-0.3, -0.25) is 4.79 Å². The molecule has 2 aliphatic heterocycles. The minimum atomic E-state index is -4.63. The molecule has 6 nitrogen and oxygen atoms in total. The second-order valence-electron chi connectivity index (χ2n) is 8.37. The zero-order chi connectivity index (χ0) is 23.3. The van der Waals surface area contributed by atoms with Crippen molar-refractivity contribution in [3.05, 3.63) is 59.1 Å². The molecule has 1 N–H and O–H groups in total. The number of aromatic nitrogens is 4. The van der Waals surface area contributed by atoms with Crippen LogP contribution in [0.5, 0.6) is 0 Å². The Labute approximate surface area is 185 Å². The van der Waals surface area contributed by atoms with Crippen LogP contribution in [0.2, 0.25) is 0 Å². The Hall–Kier alpha value is -3.24. The van der Waals surface area contributed by atoms with Crippen molar-refractivity contribution >= 4 is 5.91 Å². The van der Waals surface area contributed by atoms with Gasteiger partial charge < -0.3 is 14.5 Å². The van der Waals surface area contributed by atoms with E-state index in [1.54, 1.807) is 10.8 Å². The van der Waals surface area contributed by atoms with Crippen LogP contribution in [0.3, 0.4) is 0 Å². The standard InChI is InChI=1S/C22H20F5N5O/c23-12-4-6-14(15(24)9-12)16-11-31-10-13(5-7-18(31)29-16)28-20(33)19-17-3-1-2-8-32(17)21(30-19)22(25,26)27/h4,6,9,11,13H,1-3,5,7-8,10H2,(H,28,33). The second kappa shape index (κ2) is 7.96. The Kier molecular flexibility index (Phi) is 5.21. The molecule has 1 amide bonds. The minimum absolute atomic E-state index is 0.170. The van der Waals surface area contributed by atoms with Gasteiger partial charge in [-0.1, -0.05) is 0 Å². The Morgan fingerprint density at radius 3 is 2.70 bits per heavy atom. The molecular formula is C22H20F5N5O. The number of nitrogens with zero attached hydrogens (tertiary/aromatic N) is 4. The van der Waals surface area contributed by atoms with E-state index in [0.29, 0.717) is 55.9 Å². The number of hydrogen-bond donors (Lipinski definition) is 1. The molecule has 1 atom stereocenters. The largest absolute Gasteiger partial charge is 0.449 e. The summed E-state index contributed by atoms with van der Waals surface area (Å²) in [5, 5.41) is 2.80. The van der Waals surface area contributed by atoms with Gasteiger partial charge in [0.25, 0.3) is 5.91 Å². The SMILES string of the molecule is O=C(NC1CCc2nc(-c3ccc(F)cc3F)cn2C1)c1nc(C(F)(F)F)n2c1CCCC2. The van der Waals surface area contributed by atoms with E-state index >= 15 is 0 Å². The number of alkyl halides is 3. The number of imidazole rings is 2. The molecule has 0 radical (unpaired) electrons. The number of rotatable bonds is 3. The van der Waals surface area contributed by atoms with Crippen molar-refractivity contribution in [3.8, 4) is 11.3 Å². The maximum atomic E-state index is 14.1. The first-order chi connectivity index (χ1) is 15.7. The van der Waals surface area contributed by atoms with Gasteiger partial charge in [0.05, 0.1) is 11.4 Å². The fraction of sp³-hybridized carbons (Fsp3) is 0.409. The first kappa shape index (κ1) is 21.6. The highest BCUT2D eigenvalue weighted by Gasteiger charge is 2.40. The van der Waals surface area contributed by atoms with Gasteiger partial charge >= 0.3 is 6.18 Å². The molecule has 0 spiro atoms. The third kappa shape index (κ3) is 4.00. The third-order valence-electron chi connectivity index (χ3n) is 6.12. The highest BCUT2D eigenvalue weighted by molar-refractivity contribution is 5.94. The predicted molar refractivity (Wildman–Crippen MR) is 107 cm³/mol. The van der Waals surface area contributed by atoms with Gasteiger partial charge in [-0.2, -0.15) is 13.2 Å². The number of fused-ring (bicyclic) bond motifs is 2. The summed E-state index contributed by atoms with van der Waals surface area (Å²) in [6.45, 7) is 0.522. The van der Waals surface area contributed by atoms with Crippen LogP contribution in [-0.4, -0.2) is 31.1 Å². The number of halogens is 5. The summed E-state index contributed by atoms with van der Waals surface area (Å²) in [7, 11) is 0. The third-order valence-corrected chi connectivity index (χ3v) is 6.12. The predicted octanol–water partition coefficient (Wildman–Crippen LogP) is 4.12. The highest BCUT2D eigenvalue weighted by Crippen LogP contribution is 2.33. The smallest absolute Gasteiger partial charge is 0.346 e. The molecule has 11 heteroatoms. The van der Waals surface area contributed by atoms with Gasteiger partial charge in [-0.05, 0) is 37.8 Å². The Balaban J connectivity index is 1.35. The summed E-state index contributed by atoms with van der Waals surface area (Å²) in [5.41, 5.74) is 0.669. The Bertz CT molecular complexity index is 1230. The number of nitrogens with one attached hydrogen (secondary N) is 1. The Morgan fingerprint density at radius 2 is 1.94 bits per heavy atom. The molecule has 5 rings (SSSR count). The molecule has 2 aromatic heterocycles. The average Bonchev–Trinajstić information content (AvgIpc) is 3.35. The molecule has 0 bridgehead atoms. The highest BCUT2D eigenvalue weighted by atomic mass is 19.4. The molecular weight excluding hydrogens is 445 g/mol. The zero-order valence-electron chi connectivity index (χ0n) is 17.4. The van der Waals surface area contributed by atoms with E-state index in [1.807, 2.05) is 0 Å². The molecule has 1 aromatic carbocycles. The summed E-state index contributed by atoms with van der Waals surface area (Å²) in [6, 6.07) is 2.91. The van der Waals surface area contributed by atoms with Crippen molar-refractivity contribution in [2.45, 2.75) is 57.4 Å². The number of benzene rings is 1. The first-order valence-corrected chi connectivity index (χ1v) is 10.7. The lowest BCUT2D eigenvalue weighted by Crippen LogP contribution is -2.41. The fourth-order valence-corrected chi connectivity index (χ4v) is 4.58. The lowest BCUT2D eigenvalue weighted by Gasteiger charge is -2.24. The molecule has 0 fully saturated rings. The molecule has 0 saturated carbocycles. The van der Waals surface area contributed by atoms with Crippen molar-refractivity contribution in [1.82, 2.24) is 24.4 Å². The first-order valence-electron chi connectivity index (χ1n) is 10.7. The lowest BCUT2D eigenvalue weighted by molar-refractivity contribution is -0.147. The van der Waals surface area contributed by atoms with Crippen LogP contribution in [0, 0.1) is 11.6 Å². The van der Waals surface area contributed by atoms with Gasteiger partial charge in [0.2, 0.25) is 5.82 Å². The number of aryl methyl sites for hydroxylation is 1. The fourth-order valence-electron chi connectivity index (χ4n) is 4.58. The minimum Gasteiger partial charge on any atom is -0.346 e. The summed E-state index contributed by atoms with van der Waals surface area (Å²) in [4.78, 5) is 21.0. The van der Waals surface area contributed by atoms with E-state index in [0.717, 1.165) is 16.7 Å². The molecule has 0 saturated heterocycles. The molecule has 33 heavy (non-hydrogen) atoms. The summed E-state index contributed by atoms with van der Waals surface area (Å²) >= 11 is 0. The van der Waals surface area contributed by atoms with Crippen LogP contribution in [-0.2, 0) is 32.1 Å². The maximum Gasteiger partial charge on any atom is 0.449 e. The van der Waals surface area contributed by atoms with Crippen molar-refractivity contribution in [3.63, 3.8) is 0 Å². The van der Waals surface area contributed by atoms with Crippen LogP contribution in [0.25, 0.3) is 11.3 Å². The molecule has 174 valence electrons. The van der Waals surface area contributed by atoms with Gasteiger partial charge in [-0.15, -0.1) is 0 Å². The molecule has 4 heterocycles. The number of carbonyl (C=O) groups is 1. The van der Waals surface area contributed by atoms with E-state index in [4.69, 9.17) is 0 Å². The molecule has 2 aliphatic rings. The number of carbonyl (C=O) groups excluding carboxylic acids is 1. The Morgan fingerprint density at radius 1 is 1.12 bits per heavy atom. The van der Waals surface area contributed by atoms with Crippen molar-refractivity contribution in [2.75, 3.05) is 0 Å². The van der Waals surface area contributed by atoms with Gasteiger partial charge in [0, 0.05) is 43.4 Å². The number of amides is 1. The maximum absolute atomic E-state index is 14.1. The molecule has 0 aliphatic carbocycles. The average molecular weight is 465 g/mol. The van der Waals surface area contributed by atoms with Crippen molar-refractivity contribution in [2.24, 2.45) is 0 Å². The van der Waals surface area contributed by atoms with Crippen LogP contribution in [0.15, 0.2) is 24.4 Å². The monoisotopic (exact) mass is 465 g/mol. The van der Waals surface area contributed by atoms with Crippen LogP contribution in [0.1, 0.15) is 47.1 Å². The van der Waals surface area contributed by atoms with Crippen LogP contribution >= 0.6 is 0 Å². The topological polar surface area (TPSA) is 64.7 Å². The van der Waals surface area contributed by atoms with Crippen LogP contribution in [0.4, 0.5) is 22.0 Å². The molecule has 1 unspecified atom stereocenters. The summed E-state index contributed by atoms with van der Waals surface area (Å²) in [6.07, 6.45) is -0.310. The quantitative estimate of drug-likeness (QED) is 0.592. The van der Waals surface area contributed by atoms with E-state index < -0.39 is 29.5 Å². The van der Waals surface area contributed by atoms with Crippen molar-refractivity contribution < 1.29 is 26.7 Å². The van der Waals surface area contributed by atoms with Crippen molar-refractivity contribution in [1.29, 1.82) is 0 Å². The van der Waals surface area contributed by atoms with E-state index in [1.165, 1.54) is 6.07 Å². The number of hydrogen-bond acceptors (Lipinski definition) is 3. The normalized spacial score (nSPS) is 18.0. The van der Waals surface area contributed by atoms with E-state index in [2.05, 4.69) is 15.3 Å². The van der Waals surface area contributed by atoms with Gasteiger partial charge in [0.15, 0.2) is 0 Å². The van der Waals surface area contributed by atoms with Gasteiger partial charge in [-0.25, -0.2) is 18.7 Å². The molecule has 3 aromatic rings. The van der Waals surface area contributed by atoms with Crippen LogP contribution < -0.4 is 5.32 Å². The summed E-state index contributed by atoms with van der Waals surface area (Å²) < 4.78 is 70.4. The zero-order valence-corrected chi connectivity index (χ0v) is 17.4. The lowest BCUT2D eigenvalue weighted by atomic mass is 10.1. The second-order valence-corrected chi connectivity index (χ2v) is 8.37. The van der Waals surface area contributed by atoms with E-state index in [-0.39, 0.29) is 23.8 Å². The van der Waals surface area contributed by atoms with E-state index in [9.17, 15) is 26.7 Å².